The summed E-state index contributed by atoms with van der Waals surface area (Å²) >= 11 is 3.49. The average molecular weight is 349 g/mol. The molecule has 1 aromatic heterocycles. The smallest absolute Gasteiger partial charge is 0.149 e. The molecule has 0 fully saturated rings. The lowest BCUT2D eigenvalue weighted by atomic mass is 10.0. The third-order valence-electron chi connectivity index (χ3n) is 4.16. The molecule has 112 valence electrons. The van der Waals surface area contributed by atoms with Crippen LogP contribution in [0.5, 0.6) is 0 Å². The summed E-state index contributed by atoms with van der Waals surface area (Å²) < 4.78 is 3.39. The van der Waals surface area contributed by atoms with Crippen molar-refractivity contribution in [2.24, 2.45) is 0 Å². The van der Waals surface area contributed by atoms with Crippen LogP contribution in [-0.2, 0) is 13.0 Å². The Hall–Kier alpha value is -1.20. The number of nitrogens with zero attached hydrogens (tertiary/aromatic N) is 3. The predicted molar refractivity (Wildman–Crippen MR) is 87.1 cm³/mol. The van der Waals surface area contributed by atoms with Gasteiger partial charge in [-0.15, -0.1) is 10.2 Å². The first kappa shape index (κ1) is 14.7. The minimum atomic E-state index is 0.206. The zero-order valence-electron chi connectivity index (χ0n) is 12.5. The lowest BCUT2D eigenvalue weighted by Crippen LogP contribution is -2.26. The predicted octanol–water partition coefficient (Wildman–Crippen LogP) is 3.79. The van der Waals surface area contributed by atoms with E-state index in [1.165, 1.54) is 12.0 Å². The molecule has 0 bridgehead atoms. The molecule has 1 aromatic carbocycles. The Morgan fingerprint density at radius 1 is 1.29 bits per heavy atom. The standard InChI is InChI=1S/C16H21BrN4/c1-3-14(12-6-8-13(17)9-7-12)18-11(2)16-20-19-15-5-4-10-21(15)16/h6-9,11,14,18H,3-5,10H2,1-2H3. The van der Waals surface area contributed by atoms with Crippen molar-refractivity contribution in [1.82, 2.24) is 20.1 Å². The first-order valence-corrected chi connectivity index (χ1v) is 8.41. The molecule has 0 aliphatic carbocycles. The van der Waals surface area contributed by atoms with Crippen LogP contribution in [0.15, 0.2) is 28.7 Å². The van der Waals surface area contributed by atoms with Crippen LogP contribution in [0.2, 0.25) is 0 Å². The van der Waals surface area contributed by atoms with Crippen LogP contribution in [0.4, 0.5) is 0 Å². The Balaban J connectivity index is 1.75. The molecule has 0 saturated heterocycles. The SMILES string of the molecule is CCC(NC(C)c1nnc2n1CCC2)c1ccc(Br)cc1. The lowest BCUT2D eigenvalue weighted by molar-refractivity contribution is 0.430. The molecule has 3 rings (SSSR count). The quantitative estimate of drug-likeness (QED) is 0.893. The summed E-state index contributed by atoms with van der Waals surface area (Å²) in [5, 5.41) is 12.4. The van der Waals surface area contributed by atoms with Crippen molar-refractivity contribution in [2.75, 3.05) is 0 Å². The van der Waals surface area contributed by atoms with Gasteiger partial charge in [0.2, 0.25) is 0 Å². The molecule has 1 aliphatic heterocycles. The number of aryl methyl sites for hydroxylation is 1. The van der Waals surface area contributed by atoms with E-state index < -0.39 is 0 Å². The van der Waals surface area contributed by atoms with E-state index >= 15 is 0 Å². The highest BCUT2D eigenvalue weighted by atomic mass is 79.9. The minimum absolute atomic E-state index is 0.206. The first-order valence-electron chi connectivity index (χ1n) is 7.62. The van der Waals surface area contributed by atoms with Crippen LogP contribution in [0, 0.1) is 0 Å². The number of hydrogen-bond donors (Lipinski definition) is 1. The van der Waals surface area contributed by atoms with Crippen LogP contribution >= 0.6 is 15.9 Å². The molecule has 1 aliphatic rings. The lowest BCUT2D eigenvalue weighted by Gasteiger charge is -2.22. The Morgan fingerprint density at radius 3 is 2.76 bits per heavy atom. The molecule has 2 heterocycles. The summed E-state index contributed by atoms with van der Waals surface area (Å²) in [5.41, 5.74) is 1.31. The fraction of sp³-hybridized carbons (Fsp3) is 0.500. The highest BCUT2D eigenvalue weighted by Gasteiger charge is 2.23. The van der Waals surface area contributed by atoms with Crippen LogP contribution in [0.1, 0.15) is 56.0 Å². The van der Waals surface area contributed by atoms with E-state index in [0.29, 0.717) is 6.04 Å². The van der Waals surface area contributed by atoms with Gasteiger partial charge in [-0.1, -0.05) is 35.0 Å². The summed E-state index contributed by atoms with van der Waals surface area (Å²) in [6.45, 7) is 5.44. The Bertz CT molecular complexity index is 605. The van der Waals surface area contributed by atoms with Crippen molar-refractivity contribution in [3.63, 3.8) is 0 Å². The van der Waals surface area contributed by atoms with Gasteiger partial charge in [-0.3, -0.25) is 0 Å². The third kappa shape index (κ3) is 3.04. The number of rotatable bonds is 5. The number of aromatic nitrogens is 3. The van der Waals surface area contributed by atoms with Crippen molar-refractivity contribution in [2.45, 2.75) is 51.7 Å². The largest absolute Gasteiger partial charge is 0.314 e. The summed E-state index contributed by atoms with van der Waals surface area (Å²) in [4.78, 5) is 0. The maximum absolute atomic E-state index is 4.38. The number of benzene rings is 1. The van der Waals surface area contributed by atoms with Gasteiger partial charge >= 0.3 is 0 Å². The Morgan fingerprint density at radius 2 is 2.05 bits per heavy atom. The van der Waals surface area contributed by atoms with E-state index in [2.05, 4.69) is 74.1 Å². The van der Waals surface area contributed by atoms with Gasteiger partial charge in [0, 0.05) is 23.5 Å². The zero-order chi connectivity index (χ0) is 14.8. The molecule has 0 amide bonds. The average Bonchev–Trinajstić information content (AvgIpc) is 3.08. The van der Waals surface area contributed by atoms with Crippen molar-refractivity contribution in [3.8, 4) is 0 Å². The molecule has 0 spiro atoms. The van der Waals surface area contributed by atoms with E-state index in [1.807, 2.05) is 0 Å². The summed E-state index contributed by atoms with van der Waals surface area (Å²) in [7, 11) is 0. The molecular formula is C16H21BrN4. The summed E-state index contributed by atoms with van der Waals surface area (Å²) in [6.07, 6.45) is 3.30. The Kier molecular flexibility index (Phi) is 4.40. The maximum atomic E-state index is 4.38. The second-order valence-corrected chi connectivity index (χ2v) is 6.55. The van der Waals surface area contributed by atoms with Crippen LogP contribution in [-0.4, -0.2) is 14.8 Å². The van der Waals surface area contributed by atoms with E-state index in [4.69, 9.17) is 0 Å². The minimum Gasteiger partial charge on any atom is -0.314 e. The van der Waals surface area contributed by atoms with Gasteiger partial charge in [-0.05, 0) is 37.5 Å². The Labute approximate surface area is 134 Å². The molecule has 4 nitrogen and oxygen atoms in total. The normalized spacial score (nSPS) is 16.7. The number of fused-ring (bicyclic) bond motifs is 1. The molecule has 2 atom stereocenters. The van der Waals surface area contributed by atoms with Crippen molar-refractivity contribution in [3.05, 3.63) is 46.0 Å². The number of hydrogen-bond acceptors (Lipinski definition) is 3. The van der Waals surface area contributed by atoms with Crippen LogP contribution < -0.4 is 5.32 Å². The van der Waals surface area contributed by atoms with E-state index in [9.17, 15) is 0 Å². The van der Waals surface area contributed by atoms with Gasteiger partial charge in [-0.25, -0.2) is 0 Å². The van der Waals surface area contributed by atoms with Gasteiger partial charge in [0.1, 0.15) is 11.6 Å². The second kappa shape index (κ2) is 6.28. The topological polar surface area (TPSA) is 42.7 Å². The maximum Gasteiger partial charge on any atom is 0.149 e. The van der Waals surface area contributed by atoms with Gasteiger partial charge in [0.25, 0.3) is 0 Å². The van der Waals surface area contributed by atoms with Gasteiger partial charge in [-0.2, -0.15) is 0 Å². The number of nitrogens with one attached hydrogen (secondary N) is 1. The van der Waals surface area contributed by atoms with E-state index in [-0.39, 0.29) is 6.04 Å². The molecule has 0 saturated carbocycles. The monoisotopic (exact) mass is 348 g/mol. The zero-order valence-corrected chi connectivity index (χ0v) is 14.1. The summed E-state index contributed by atoms with van der Waals surface area (Å²) in [5.74, 6) is 2.20. The summed E-state index contributed by atoms with van der Waals surface area (Å²) in [6, 6.07) is 9.08. The van der Waals surface area contributed by atoms with Crippen molar-refractivity contribution >= 4 is 15.9 Å². The van der Waals surface area contributed by atoms with Crippen LogP contribution in [0.3, 0.4) is 0 Å². The first-order chi connectivity index (χ1) is 10.2. The van der Waals surface area contributed by atoms with Crippen molar-refractivity contribution < 1.29 is 0 Å². The molecule has 1 N–H and O–H groups in total. The molecule has 21 heavy (non-hydrogen) atoms. The second-order valence-electron chi connectivity index (χ2n) is 5.63. The highest BCUT2D eigenvalue weighted by Crippen LogP contribution is 2.25. The van der Waals surface area contributed by atoms with Crippen molar-refractivity contribution in [1.29, 1.82) is 0 Å². The number of halogens is 1. The molecule has 2 aromatic rings. The molecule has 0 radical (unpaired) electrons. The van der Waals surface area contributed by atoms with E-state index in [0.717, 1.165) is 35.5 Å². The van der Waals surface area contributed by atoms with Gasteiger partial charge in [0.15, 0.2) is 0 Å². The molecule has 2 unspecified atom stereocenters. The fourth-order valence-corrected chi connectivity index (χ4v) is 3.28. The highest BCUT2D eigenvalue weighted by molar-refractivity contribution is 9.10. The fourth-order valence-electron chi connectivity index (χ4n) is 3.01. The van der Waals surface area contributed by atoms with Gasteiger partial charge in [0.05, 0.1) is 6.04 Å². The van der Waals surface area contributed by atoms with Gasteiger partial charge < -0.3 is 9.88 Å². The third-order valence-corrected chi connectivity index (χ3v) is 4.69. The van der Waals surface area contributed by atoms with Crippen LogP contribution in [0.25, 0.3) is 0 Å². The molecule has 5 heteroatoms. The van der Waals surface area contributed by atoms with E-state index in [1.54, 1.807) is 0 Å². The molecular weight excluding hydrogens is 328 g/mol.